The Labute approximate surface area is 527 Å². The number of fused-ring (bicyclic) bond motifs is 8. The van der Waals surface area contributed by atoms with Gasteiger partial charge in [0.05, 0.1) is 25.1 Å². The van der Waals surface area contributed by atoms with E-state index < -0.39 is 78.5 Å². The molecule has 0 saturated carbocycles. The minimum absolute atomic E-state index is 0.134. The van der Waals surface area contributed by atoms with Gasteiger partial charge in [-0.15, -0.1) is 11.8 Å². The zero-order chi connectivity index (χ0) is 68.6. The van der Waals surface area contributed by atoms with Crippen LogP contribution in [0.3, 0.4) is 0 Å². The van der Waals surface area contributed by atoms with Crippen molar-refractivity contribution in [2.45, 2.75) is 136 Å². The second-order valence-corrected chi connectivity index (χ2v) is 28.3. The molecule has 0 spiro atoms. The number of hydrogen-bond acceptors (Lipinski definition) is 7. The summed E-state index contributed by atoms with van der Waals surface area (Å²) in [4.78, 5) is 11.5. The Kier molecular flexibility index (Phi) is 10.8. The first kappa shape index (κ1) is 45.2. The van der Waals surface area contributed by atoms with Gasteiger partial charge in [0.2, 0.25) is 5.88 Å². The number of furan rings is 2. The topological polar surface area (TPSA) is 48.9 Å². The van der Waals surface area contributed by atoms with E-state index in [1.807, 2.05) is 42.2 Å². The summed E-state index contributed by atoms with van der Waals surface area (Å²) in [5, 5.41) is 1.77. The molecule has 14 rings (SSSR count). The maximum Gasteiger partial charge on any atom is 0.257 e. The van der Waals surface area contributed by atoms with Crippen molar-refractivity contribution in [1.29, 1.82) is 0 Å². The molecule has 11 aromatic rings. The fourth-order valence-electron chi connectivity index (χ4n) is 13.2. The van der Waals surface area contributed by atoms with Crippen molar-refractivity contribution in [3.8, 4) is 22.5 Å². The number of rotatable bonds is 10. The van der Waals surface area contributed by atoms with E-state index >= 15 is 0 Å². The summed E-state index contributed by atoms with van der Waals surface area (Å²) >= 11 is 1.83. The van der Waals surface area contributed by atoms with Gasteiger partial charge >= 0.3 is 0 Å². The number of aromatic nitrogens is 1. The standard InChI is InChI=1S/C78H77BN4O2S/c1-46(2)50-34-58(47(3)4)72(59(35-50)48(5)6)70-37-51-36-65-63(43-68(51)84-70)79-73-61-41-71-62(78(13,14)45-86-71)42-69(61)85-75(73)83(64-32-29-53(77(10,11)12)38-60(64)49-22-21-33-80-44-49)67-40-57(81(54-23-17-15-18-24-54)55-25-19-16-20-26-55)39-66(74(67)79)82(65)56-30-27-52(28-31-56)76(7,8)9/h15-44,46-48H,45H2,1-14H3/i15D,16D,17D,18D,19D,20D,23D,24D,25D,26D. The van der Waals surface area contributed by atoms with Crippen LogP contribution in [0.1, 0.15) is 162 Å². The SMILES string of the molecule is [2H]c1c([2H])c([2H])c(N(c2cc3c4c(c2)N(c2ccc(C(C)(C)C)cc2-c2cccnc2)c2oc5cc6c(cc5c2B4c2cc4oc(-c5c(C(C)C)cc(C(C)C)cc5C(C)C)cc4cc2N3c2ccc(C(C)(C)C)cc2)SCC6(C)C)c2c([2H])c([2H])c([2H])c([2H])c2[2H])c([2H])c1[2H]. The van der Waals surface area contributed by atoms with Crippen LogP contribution < -0.4 is 31.1 Å². The molecule has 0 amide bonds. The minimum atomic E-state index is -0.667. The lowest BCUT2D eigenvalue weighted by molar-refractivity contribution is 0.590. The monoisotopic (exact) mass is 1150 g/mol. The van der Waals surface area contributed by atoms with Crippen molar-refractivity contribution >= 4 is 108 Å². The van der Waals surface area contributed by atoms with Gasteiger partial charge in [0.1, 0.15) is 16.9 Å². The van der Waals surface area contributed by atoms with Crippen LogP contribution in [0.15, 0.2) is 196 Å². The third-order valence-electron chi connectivity index (χ3n) is 17.9. The van der Waals surface area contributed by atoms with Gasteiger partial charge in [-0.3, -0.25) is 9.88 Å². The highest BCUT2D eigenvalue weighted by atomic mass is 32.2. The van der Waals surface area contributed by atoms with Crippen LogP contribution in [0.2, 0.25) is 0 Å². The highest BCUT2D eigenvalue weighted by Crippen LogP contribution is 2.54. The summed E-state index contributed by atoms with van der Waals surface area (Å²) in [6, 6.07) is 31.9. The summed E-state index contributed by atoms with van der Waals surface area (Å²) in [7, 11) is 0. The molecule has 0 atom stereocenters. The molecule has 0 N–H and O–H groups in total. The molecule has 8 aromatic carbocycles. The van der Waals surface area contributed by atoms with Crippen molar-refractivity contribution in [2.24, 2.45) is 0 Å². The van der Waals surface area contributed by atoms with Crippen LogP contribution in [-0.4, -0.2) is 17.4 Å². The first-order valence-corrected chi connectivity index (χ1v) is 31.1. The lowest BCUT2D eigenvalue weighted by atomic mass is 9.33. The van der Waals surface area contributed by atoms with Gasteiger partial charge < -0.3 is 18.6 Å². The average molecular weight is 1160 g/mol. The average Bonchev–Trinajstić information content (AvgIpc) is 1.39. The van der Waals surface area contributed by atoms with E-state index in [-0.39, 0.29) is 33.8 Å². The van der Waals surface area contributed by atoms with Gasteiger partial charge in [0, 0.05) is 95.5 Å². The second-order valence-electron chi connectivity index (χ2n) is 27.2. The Morgan fingerprint density at radius 2 is 1.26 bits per heavy atom. The largest absolute Gasteiger partial charge is 0.456 e. The van der Waals surface area contributed by atoms with Gasteiger partial charge in [0.25, 0.3) is 6.71 Å². The molecule has 6 nitrogen and oxygen atoms in total. The summed E-state index contributed by atoms with van der Waals surface area (Å²) in [6.45, 7) is 30.4. The predicted molar refractivity (Wildman–Crippen MR) is 367 cm³/mol. The molecule has 6 heterocycles. The number of pyridine rings is 1. The van der Waals surface area contributed by atoms with Crippen molar-refractivity contribution in [3.63, 3.8) is 0 Å². The molecule has 86 heavy (non-hydrogen) atoms. The van der Waals surface area contributed by atoms with Crippen molar-refractivity contribution < 1.29 is 22.5 Å². The van der Waals surface area contributed by atoms with Crippen LogP contribution in [0.4, 0.5) is 51.4 Å². The summed E-state index contributed by atoms with van der Waals surface area (Å²) < 4.78 is 109. The zero-order valence-corrected chi connectivity index (χ0v) is 52.4. The summed E-state index contributed by atoms with van der Waals surface area (Å²) in [6.07, 6.45) is 3.60. The normalized spacial score (nSPS) is 16.0. The van der Waals surface area contributed by atoms with Crippen LogP contribution in [0.25, 0.3) is 44.4 Å². The van der Waals surface area contributed by atoms with Gasteiger partial charge in [0.15, 0.2) is 0 Å². The fourth-order valence-corrected chi connectivity index (χ4v) is 14.6. The molecule has 0 bridgehead atoms. The van der Waals surface area contributed by atoms with E-state index in [4.69, 9.17) is 11.6 Å². The van der Waals surface area contributed by atoms with E-state index in [1.165, 1.54) is 27.2 Å². The molecule has 3 aliphatic heterocycles. The van der Waals surface area contributed by atoms with Crippen molar-refractivity contribution in [3.05, 3.63) is 215 Å². The molecule has 0 saturated heterocycles. The molecule has 0 aliphatic carbocycles. The van der Waals surface area contributed by atoms with Crippen molar-refractivity contribution in [1.82, 2.24) is 4.98 Å². The van der Waals surface area contributed by atoms with Crippen LogP contribution in [-0.2, 0) is 16.2 Å². The molecule has 3 aliphatic rings. The van der Waals surface area contributed by atoms with Crippen LogP contribution >= 0.6 is 11.8 Å². The highest BCUT2D eigenvalue weighted by Gasteiger charge is 2.48. The third-order valence-corrected chi connectivity index (χ3v) is 19.4. The van der Waals surface area contributed by atoms with E-state index in [2.05, 4.69) is 197 Å². The molecular formula is C78H77BN4O2S. The number of anilines is 9. The Morgan fingerprint density at radius 3 is 1.86 bits per heavy atom. The van der Waals surface area contributed by atoms with E-state index in [9.17, 15) is 11.0 Å². The Bertz CT molecular complexity index is 4930. The van der Waals surface area contributed by atoms with Crippen LogP contribution in [0.5, 0.6) is 0 Å². The summed E-state index contributed by atoms with van der Waals surface area (Å²) in [5.74, 6) is 2.79. The molecule has 0 fully saturated rings. The van der Waals surface area contributed by atoms with Gasteiger partial charge in [-0.2, -0.15) is 0 Å². The number of para-hydroxylation sites is 2. The Hall–Kier alpha value is -8.20. The van der Waals surface area contributed by atoms with Gasteiger partial charge in [-0.1, -0.05) is 170 Å². The number of thioether (sulfide) groups is 1. The number of benzene rings is 8. The van der Waals surface area contributed by atoms with Crippen molar-refractivity contribution in [2.75, 3.05) is 20.5 Å². The minimum Gasteiger partial charge on any atom is -0.456 e. The van der Waals surface area contributed by atoms with E-state index in [1.54, 1.807) is 6.20 Å². The zero-order valence-electron chi connectivity index (χ0n) is 61.6. The lowest BCUT2D eigenvalue weighted by Crippen LogP contribution is -2.61. The first-order chi connectivity index (χ1) is 45.3. The first-order valence-electron chi connectivity index (χ1n) is 35.1. The van der Waals surface area contributed by atoms with E-state index in [0.717, 1.165) is 82.8 Å². The van der Waals surface area contributed by atoms with Gasteiger partial charge in [-0.25, -0.2) is 0 Å². The van der Waals surface area contributed by atoms with Gasteiger partial charge in [-0.05, 0) is 170 Å². The molecule has 430 valence electrons. The lowest BCUT2D eigenvalue weighted by Gasteiger charge is -2.43. The highest BCUT2D eigenvalue weighted by molar-refractivity contribution is 7.99. The molecule has 8 heteroatoms. The predicted octanol–water partition coefficient (Wildman–Crippen LogP) is 20.8. The number of hydrogen-bond donors (Lipinski definition) is 0. The molecule has 0 radical (unpaired) electrons. The fraction of sp³-hybridized carbons (Fsp3) is 0.269. The molecule has 3 aromatic heterocycles. The third kappa shape index (κ3) is 9.19. The molecule has 0 unspecified atom stereocenters. The Balaban J connectivity index is 1.19. The number of nitrogens with zero attached hydrogens (tertiary/aromatic N) is 4. The molecular weight excluding hydrogens is 1070 g/mol. The smallest absolute Gasteiger partial charge is 0.257 e. The second kappa shape index (κ2) is 20.5. The maximum atomic E-state index is 9.76. The maximum absolute atomic E-state index is 9.76. The Morgan fingerprint density at radius 1 is 0.616 bits per heavy atom. The van der Waals surface area contributed by atoms with E-state index in [0.29, 0.717) is 40.0 Å². The quantitative estimate of drug-likeness (QED) is 0.126. The summed E-state index contributed by atoms with van der Waals surface area (Å²) in [5.41, 5.74) is 15.8. The van der Waals surface area contributed by atoms with Crippen LogP contribution in [0, 0.1) is 0 Å².